The number of aromatic nitrogens is 2. The third-order valence-corrected chi connectivity index (χ3v) is 12.6. The highest BCUT2D eigenvalue weighted by molar-refractivity contribution is 7.98. The number of carbonyl (C=O) groups excluding carboxylic acids is 9. The molecule has 32 heteroatoms. The van der Waals surface area contributed by atoms with E-state index in [1.54, 1.807) is 36.6 Å². The number of benzene rings is 1. The molecule has 9 atom stereocenters. The number of nitrogens with two attached hydrogens (primary N) is 5. The second-order valence-corrected chi connectivity index (χ2v) is 19.2. The normalized spacial score (nSPS) is 14.3. The van der Waals surface area contributed by atoms with E-state index in [1.807, 2.05) is 0 Å². The molecule has 0 fully saturated rings. The number of carboxylic acid groups (broad SMARTS) is 2. The lowest BCUT2D eigenvalue weighted by Crippen LogP contribution is -2.61. The number of aromatic amines is 1. The molecule has 0 aliphatic carbocycles. The first kappa shape index (κ1) is 67.6. The Labute approximate surface area is 464 Å². The smallest absolute Gasteiger partial charge is 0.326 e. The first-order valence-electron chi connectivity index (χ1n) is 24.9. The van der Waals surface area contributed by atoms with E-state index in [-0.39, 0.29) is 69.6 Å². The number of unbranched alkanes of at least 4 members (excludes halogenated alkanes) is 1. The zero-order valence-electron chi connectivity index (χ0n) is 43.5. The van der Waals surface area contributed by atoms with Crippen molar-refractivity contribution in [3.8, 4) is 0 Å². The number of carboxylic acids is 2. The van der Waals surface area contributed by atoms with Gasteiger partial charge in [-0.05, 0) is 69.1 Å². The predicted molar refractivity (Wildman–Crippen MR) is 291 cm³/mol. The minimum absolute atomic E-state index is 0.00857. The number of imidazole rings is 1. The molecule has 2 aromatic rings. The Morgan fingerprint density at radius 1 is 0.646 bits per heavy atom. The van der Waals surface area contributed by atoms with Gasteiger partial charge in [0.1, 0.15) is 48.3 Å². The molecular weight excluding hydrogens is 1080 g/mol. The molecule has 0 aliphatic heterocycles. The summed E-state index contributed by atoms with van der Waals surface area (Å²) >= 11 is 5.29. The number of guanidine groups is 1. The van der Waals surface area contributed by atoms with Crippen molar-refractivity contribution in [3.05, 3.63) is 54.1 Å². The number of aliphatic hydroxyl groups is 1. The second kappa shape index (κ2) is 36.5. The fourth-order valence-corrected chi connectivity index (χ4v) is 7.95. The van der Waals surface area contributed by atoms with Gasteiger partial charge in [0.15, 0.2) is 5.96 Å². The van der Waals surface area contributed by atoms with Crippen molar-refractivity contribution in [2.75, 3.05) is 37.5 Å². The molecular formula is C47H74N16O14S2. The van der Waals surface area contributed by atoms with Crippen LogP contribution >= 0.6 is 24.4 Å². The minimum atomic E-state index is -1.95. The maximum atomic E-state index is 14.3. The molecule has 0 unspecified atom stereocenters. The summed E-state index contributed by atoms with van der Waals surface area (Å²) in [5, 5.41) is 49.4. The van der Waals surface area contributed by atoms with E-state index in [1.165, 1.54) is 24.3 Å². The van der Waals surface area contributed by atoms with Gasteiger partial charge in [-0.2, -0.15) is 24.4 Å². The van der Waals surface area contributed by atoms with E-state index < -0.39 is 133 Å². The summed E-state index contributed by atoms with van der Waals surface area (Å²) in [5.74, 6) is -12.0. The van der Waals surface area contributed by atoms with E-state index in [4.69, 9.17) is 28.7 Å². The molecule has 0 saturated carbocycles. The molecule has 0 bridgehead atoms. The SMILES string of the molecule is CSCC[C@H](NC(=O)[C@H](Cc1cnc[nH]1)NC(=O)[C@H](CC(=O)O)NC(=O)[C@H](CCCN=C(N)N)NC(=O)[C@H](Cc1ccccc1)NC(=O)[C@H](CO)NC(=O)[C@H](CCC(N)=O)NC(=O)[C@@H](N)CS)C(=O)N[C@@H](CCCCN)C(=O)O. The Balaban J connectivity index is 2.51. The maximum absolute atomic E-state index is 14.3. The molecule has 0 saturated heterocycles. The number of carbonyl (C=O) groups is 11. The zero-order valence-corrected chi connectivity index (χ0v) is 45.2. The lowest BCUT2D eigenvalue weighted by molar-refractivity contribution is -0.142. The standard InChI is InChI=1S/C47H74N16O14S2/c1-79-17-14-30(41(71)59-31(46(76)77)10-5-6-15-48)58-43(73)33(19-26-21-53-24-55-26)61-44(74)34(20-37(66)67)62-39(69)28(11-7-16-54-47(51)52)57-42(72)32(18-25-8-3-2-4-9-25)60-45(75)35(22-64)63-40(70)29(12-13-36(50)65)56-38(68)27(49)23-78/h2-4,8-9,21,24,27-35,64,78H,5-7,10-20,22-23,48-49H2,1H3,(H2,50,65)(H,53,55)(H,56,68)(H,57,72)(H,58,73)(H,59,71)(H,60,75)(H,61,74)(H,62,69)(H,63,70)(H,66,67)(H,76,77)(H4,51,52,54)/t27-,28-,29-,30-,31-,32-,33-,34-,35-/m0/s1. The Morgan fingerprint density at radius 3 is 1.66 bits per heavy atom. The summed E-state index contributed by atoms with van der Waals surface area (Å²) in [6.07, 6.45) is 2.67. The van der Waals surface area contributed by atoms with Crippen LogP contribution < -0.4 is 71.2 Å². The quantitative estimate of drug-likeness (QED) is 0.0128. The minimum Gasteiger partial charge on any atom is -0.481 e. The van der Waals surface area contributed by atoms with Crippen molar-refractivity contribution < 1.29 is 68.1 Å². The maximum Gasteiger partial charge on any atom is 0.326 e. The molecule has 22 N–H and O–H groups in total. The molecule has 1 heterocycles. The summed E-state index contributed by atoms with van der Waals surface area (Å²) in [7, 11) is 0. The summed E-state index contributed by atoms with van der Waals surface area (Å²) in [4.78, 5) is 157. The zero-order chi connectivity index (χ0) is 59.0. The van der Waals surface area contributed by atoms with Crippen LogP contribution in [0.1, 0.15) is 69.0 Å². The van der Waals surface area contributed by atoms with E-state index in [2.05, 4.69) is 70.1 Å². The number of hydrogen-bond acceptors (Lipinski definition) is 18. The summed E-state index contributed by atoms with van der Waals surface area (Å²) in [6, 6.07) is -5.64. The van der Waals surface area contributed by atoms with E-state index in [0.717, 1.165) is 0 Å². The molecule has 438 valence electrons. The molecule has 0 spiro atoms. The van der Waals surface area contributed by atoms with Crippen LogP contribution in [-0.4, -0.2) is 188 Å². The molecule has 2 rings (SSSR count). The molecule has 1 aromatic carbocycles. The van der Waals surface area contributed by atoms with Gasteiger partial charge in [-0.25, -0.2) is 9.78 Å². The van der Waals surface area contributed by atoms with Gasteiger partial charge in [0.2, 0.25) is 53.2 Å². The van der Waals surface area contributed by atoms with Crippen LogP contribution in [0.3, 0.4) is 0 Å². The van der Waals surface area contributed by atoms with Crippen molar-refractivity contribution >= 4 is 95.5 Å². The van der Waals surface area contributed by atoms with Crippen LogP contribution in [-0.2, 0) is 65.6 Å². The van der Waals surface area contributed by atoms with Crippen molar-refractivity contribution in [2.45, 2.75) is 125 Å². The highest BCUT2D eigenvalue weighted by Gasteiger charge is 2.36. The van der Waals surface area contributed by atoms with Gasteiger partial charge < -0.3 is 91.5 Å². The summed E-state index contributed by atoms with van der Waals surface area (Å²) in [5.41, 5.74) is 28.3. The number of H-pyrrole nitrogens is 1. The van der Waals surface area contributed by atoms with Crippen LogP contribution in [0.5, 0.6) is 0 Å². The number of thiol groups is 1. The van der Waals surface area contributed by atoms with Crippen LogP contribution in [0.15, 0.2) is 47.8 Å². The molecule has 30 nitrogen and oxygen atoms in total. The lowest BCUT2D eigenvalue weighted by atomic mass is 10.0. The van der Waals surface area contributed by atoms with Gasteiger partial charge in [-0.3, -0.25) is 52.9 Å². The monoisotopic (exact) mass is 1150 g/mol. The summed E-state index contributed by atoms with van der Waals surface area (Å²) < 4.78 is 0. The number of nitrogens with one attached hydrogen (secondary N) is 9. The number of aliphatic carboxylic acids is 2. The fourth-order valence-electron chi connectivity index (χ4n) is 7.31. The van der Waals surface area contributed by atoms with Crippen LogP contribution in [0.2, 0.25) is 0 Å². The van der Waals surface area contributed by atoms with Crippen LogP contribution in [0.4, 0.5) is 0 Å². The fraction of sp³-hybridized carbons (Fsp3) is 0.553. The van der Waals surface area contributed by atoms with E-state index in [9.17, 15) is 68.1 Å². The van der Waals surface area contributed by atoms with Crippen LogP contribution in [0.25, 0.3) is 0 Å². The largest absolute Gasteiger partial charge is 0.481 e. The number of hydrogen-bond donors (Lipinski definition) is 18. The number of primary amides is 1. The predicted octanol–water partition coefficient (Wildman–Crippen LogP) is -5.92. The molecule has 79 heavy (non-hydrogen) atoms. The number of nitrogens with zero attached hydrogens (tertiary/aromatic N) is 2. The van der Waals surface area contributed by atoms with Gasteiger partial charge in [0, 0.05) is 43.5 Å². The van der Waals surface area contributed by atoms with Gasteiger partial charge in [-0.15, -0.1) is 0 Å². The third-order valence-electron chi connectivity index (χ3n) is 11.6. The number of aliphatic imine (C=N–C) groups is 1. The highest BCUT2D eigenvalue weighted by atomic mass is 32.2. The molecule has 1 aromatic heterocycles. The van der Waals surface area contributed by atoms with Crippen LogP contribution in [0, 0.1) is 0 Å². The second-order valence-electron chi connectivity index (χ2n) is 17.9. The van der Waals surface area contributed by atoms with Gasteiger partial charge in [0.05, 0.1) is 25.4 Å². The first-order chi connectivity index (χ1) is 37.5. The average Bonchev–Trinajstić information content (AvgIpc) is 3.93. The van der Waals surface area contributed by atoms with E-state index >= 15 is 0 Å². The molecule has 9 amide bonds. The van der Waals surface area contributed by atoms with Gasteiger partial charge in [0.25, 0.3) is 0 Å². The Kier molecular flexibility index (Phi) is 31.2. The number of rotatable bonds is 39. The lowest BCUT2D eigenvalue weighted by Gasteiger charge is -2.27. The van der Waals surface area contributed by atoms with Crippen molar-refractivity contribution in [3.63, 3.8) is 0 Å². The van der Waals surface area contributed by atoms with Crippen molar-refractivity contribution in [1.82, 2.24) is 52.5 Å². The molecule has 0 radical (unpaired) electrons. The van der Waals surface area contributed by atoms with E-state index in [0.29, 0.717) is 36.4 Å². The highest BCUT2D eigenvalue weighted by Crippen LogP contribution is 2.11. The third kappa shape index (κ3) is 26.1. The van der Waals surface area contributed by atoms with Gasteiger partial charge in [-0.1, -0.05) is 30.3 Å². The number of thioether (sulfide) groups is 1. The Bertz CT molecular complexity index is 2370. The molecule has 0 aliphatic rings. The van der Waals surface area contributed by atoms with Crippen molar-refractivity contribution in [2.24, 2.45) is 33.7 Å². The number of aliphatic hydroxyl groups excluding tert-OH is 1. The first-order valence-corrected chi connectivity index (χ1v) is 26.9. The van der Waals surface area contributed by atoms with Gasteiger partial charge >= 0.3 is 11.9 Å². The number of amides is 9. The topological polar surface area (TPSA) is 516 Å². The summed E-state index contributed by atoms with van der Waals surface area (Å²) in [6.45, 7) is -0.838. The Morgan fingerprint density at radius 2 is 1.14 bits per heavy atom. The Hall–Kier alpha value is -7.55. The van der Waals surface area contributed by atoms with Crippen molar-refractivity contribution in [1.29, 1.82) is 0 Å². The average molecular weight is 1150 g/mol.